The van der Waals surface area contributed by atoms with Gasteiger partial charge in [-0.3, -0.25) is 0 Å². The van der Waals surface area contributed by atoms with E-state index in [-0.39, 0.29) is 51.9 Å². The fourth-order valence-corrected chi connectivity index (χ4v) is 3.19. The topological polar surface area (TPSA) is 53.1 Å². The summed E-state index contributed by atoms with van der Waals surface area (Å²) < 4.78 is 33.0. The maximum atomic E-state index is 14.0. The highest BCUT2D eigenvalue weighted by Crippen LogP contribution is 2.38. The number of benzene rings is 2. The lowest BCUT2D eigenvalue weighted by Gasteiger charge is -2.27. The van der Waals surface area contributed by atoms with Crippen LogP contribution in [-0.2, 0) is 5.54 Å². The Balaban J connectivity index is 0.00000182. The van der Waals surface area contributed by atoms with Crippen molar-refractivity contribution in [1.82, 2.24) is 10.0 Å². The Labute approximate surface area is 169 Å². The molecule has 0 saturated carbocycles. The number of rotatable bonds is 5. The zero-order chi connectivity index (χ0) is 18.2. The minimum Gasteiger partial charge on any atom is -0.495 e. The van der Waals surface area contributed by atoms with Gasteiger partial charge in [0.2, 0.25) is 5.95 Å². The summed E-state index contributed by atoms with van der Waals surface area (Å²) in [5.74, 6) is -0.637. The van der Waals surface area contributed by atoms with Crippen molar-refractivity contribution in [1.29, 1.82) is 0 Å². The third kappa shape index (κ3) is 3.88. The molecule has 0 aliphatic heterocycles. The van der Waals surface area contributed by atoms with Crippen LogP contribution in [0.1, 0.15) is 32.3 Å². The van der Waals surface area contributed by atoms with E-state index in [9.17, 15) is 8.87 Å². The second-order valence-corrected chi connectivity index (χ2v) is 6.13. The van der Waals surface area contributed by atoms with Gasteiger partial charge < -0.3 is 10.5 Å². The first-order valence-corrected chi connectivity index (χ1v) is 8.26. The normalized spacial score (nSPS) is 11.0. The largest absolute Gasteiger partial charge is 0.495 e. The monoisotopic (exact) mass is 417 g/mol. The number of nitrogens with zero attached hydrogens (tertiary/aromatic N) is 2. The summed E-state index contributed by atoms with van der Waals surface area (Å²) >= 11 is 0. The molecule has 2 N–H and O–H groups in total. The minimum atomic E-state index is -0.897. The van der Waals surface area contributed by atoms with E-state index in [1.807, 2.05) is 24.3 Å². The van der Waals surface area contributed by atoms with Crippen molar-refractivity contribution in [3.63, 3.8) is 0 Å². The fourth-order valence-electron chi connectivity index (χ4n) is 3.19. The molecule has 0 fully saturated rings. The standard InChI is InChI=1S/C19H21F2N3O.2ClH/c1-4-19(22,5-2)13-8-6-12(7-9-13)14-10-11-15-16(17(14)25-3)18(20)23-24(15)21;;/h6-11H,4-5,22H2,1-3H3;2*1H. The summed E-state index contributed by atoms with van der Waals surface area (Å²) in [4.78, 5) is 0.0192. The molecule has 0 spiro atoms. The van der Waals surface area contributed by atoms with Crippen molar-refractivity contribution < 1.29 is 13.6 Å². The number of halogens is 4. The van der Waals surface area contributed by atoms with Crippen LogP contribution in [-0.4, -0.2) is 17.1 Å². The van der Waals surface area contributed by atoms with Crippen LogP contribution >= 0.6 is 24.8 Å². The molecule has 1 aromatic heterocycles. The zero-order valence-corrected chi connectivity index (χ0v) is 17.0. The van der Waals surface area contributed by atoms with Gasteiger partial charge in [-0.2, -0.15) is 4.39 Å². The van der Waals surface area contributed by atoms with Crippen molar-refractivity contribution >= 4 is 35.7 Å². The molecule has 8 heteroatoms. The predicted molar refractivity (Wildman–Crippen MR) is 109 cm³/mol. The van der Waals surface area contributed by atoms with Crippen LogP contribution < -0.4 is 10.5 Å². The van der Waals surface area contributed by atoms with E-state index in [4.69, 9.17) is 10.5 Å². The average Bonchev–Trinajstić information content (AvgIpc) is 2.94. The second-order valence-electron chi connectivity index (χ2n) is 6.13. The second kappa shape index (κ2) is 8.87. The Morgan fingerprint density at radius 1 is 1.07 bits per heavy atom. The van der Waals surface area contributed by atoms with Crippen molar-refractivity contribution in [3.8, 4) is 16.9 Å². The lowest BCUT2D eigenvalue weighted by Crippen LogP contribution is -2.34. The summed E-state index contributed by atoms with van der Waals surface area (Å²) in [6, 6.07) is 11.0. The van der Waals surface area contributed by atoms with E-state index in [1.54, 1.807) is 6.07 Å². The fraction of sp³-hybridized carbons (Fsp3) is 0.316. The molecule has 0 atom stereocenters. The van der Waals surface area contributed by atoms with Crippen molar-refractivity contribution in [2.45, 2.75) is 32.2 Å². The van der Waals surface area contributed by atoms with E-state index in [2.05, 4.69) is 18.9 Å². The van der Waals surface area contributed by atoms with Crippen LogP contribution in [0.15, 0.2) is 36.4 Å². The highest BCUT2D eigenvalue weighted by atomic mass is 35.5. The summed E-state index contributed by atoms with van der Waals surface area (Å²) in [6.45, 7) is 4.12. The molecule has 3 aromatic rings. The van der Waals surface area contributed by atoms with E-state index in [1.165, 1.54) is 13.2 Å². The Morgan fingerprint density at radius 3 is 2.19 bits per heavy atom. The Kier molecular flexibility index (Phi) is 7.60. The molecule has 0 bridgehead atoms. The van der Waals surface area contributed by atoms with Crippen molar-refractivity contribution in [3.05, 3.63) is 47.9 Å². The van der Waals surface area contributed by atoms with Gasteiger partial charge >= 0.3 is 0 Å². The van der Waals surface area contributed by atoms with Crippen LogP contribution in [0.5, 0.6) is 5.75 Å². The molecule has 148 valence electrons. The minimum absolute atomic E-state index is 0. The van der Waals surface area contributed by atoms with Gasteiger partial charge in [0.15, 0.2) is 0 Å². The van der Waals surface area contributed by atoms with Gasteiger partial charge in [-0.25, -0.2) is 0 Å². The van der Waals surface area contributed by atoms with Gasteiger partial charge in [-0.15, -0.1) is 29.9 Å². The van der Waals surface area contributed by atoms with Crippen molar-refractivity contribution in [2.75, 3.05) is 7.11 Å². The van der Waals surface area contributed by atoms with Crippen LogP contribution in [0, 0.1) is 5.95 Å². The number of fused-ring (bicyclic) bond motifs is 1. The molecule has 4 nitrogen and oxygen atoms in total. The average molecular weight is 418 g/mol. The van der Waals surface area contributed by atoms with Crippen molar-refractivity contribution in [2.24, 2.45) is 5.73 Å². The van der Waals surface area contributed by atoms with Gasteiger partial charge in [0.25, 0.3) is 0 Å². The van der Waals surface area contributed by atoms with Gasteiger partial charge in [0.05, 0.1) is 7.11 Å². The molecule has 0 aliphatic carbocycles. The first kappa shape index (κ1) is 23.1. The van der Waals surface area contributed by atoms with Gasteiger partial charge in [-0.1, -0.05) is 47.5 Å². The highest BCUT2D eigenvalue weighted by Gasteiger charge is 2.23. The molecular formula is C19H23Cl2F2N3O. The molecule has 3 rings (SSSR count). The smallest absolute Gasteiger partial charge is 0.247 e. The van der Waals surface area contributed by atoms with Crippen LogP contribution in [0.3, 0.4) is 0 Å². The van der Waals surface area contributed by atoms with Crippen LogP contribution in [0.2, 0.25) is 0 Å². The number of hydrogen-bond donors (Lipinski definition) is 1. The van der Waals surface area contributed by atoms with E-state index in [0.717, 1.165) is 24.0 Å². The number of hydrogen-bond acceptors (Lipinski definition) is 3. The summed E-state index contributed by atoms with van der Waals surface area (Å²) in [5.41, 5.74) is 8.65. The molecule has 0 aliphatic rings. The van der Waals surface area contributed by atoms with Gasteiger partial charge in [0.1, 0.15) is 16.7 Å². The third-order valence-corrected chi connectivity index (χ3v) is 4.95. The highest BCUT2D eigenvalue weighted by molar-refractivity contribution is 5.93. The lowest BCUT2D eigenvalue weighted by atomic mass is 9.85. The Bertz CT molecular complexity index is 909. The van der Waals surface area contributed by atoms with E-state index >= 15 is 0 Å². The molecule has 1 heterocycles. The lowest BCUT2D eigenvalue weighted by molar-refractivity contribution is 0.317. The molecule has 2 aromatic carbocycles. The number of methoxy groups -OCH3 is 1. The summed E-state index contributed by atoms with van der Waals surface area (Å²) in [6.07, 6.45) is 1.66. The molecule has 27 heavy (non-hydrogen) atoms. The molecule has 0 saturated heterocycles. The summed E-state index contributed by atoms with van der Waals surface area (Å²) in [7, 11) is 1.43. The first-order chi connectivity index (χ1) is 11.9. The Hall–Kier alpha value is -1.89. The quantitative estimate of drug-likeness (QED) is 0.604. The van der Waals surface area contributed by atoms with Crippen LogP contribution in [0.25, 0.3) is 22.0 Å². The first-order valence-electron chi connectivity index (χ1n) is 8.26. The molecular weight excluding hydrogens is 395 g/mol. The third-order valence-electron chi connectivity index (χ3n) is 4.95. The van der Waals surface area contributed by atoms with Crippen LogP contribution in [0.4, 0.5) is 8.87 Å². The summed E-state index contributed by atoms with van der Waals surface area (Å²) in [5, 5.41) is 3.22. The number of aromatic nitrogens is 2. The molecule has 0 radical (unpaired) electrons. The predicted octanol–water partition coefficient (Wildman–Crippen LogP) is 5.40. The maximum absolute atomic E-state index is 14.0. The molecule has 0 unspecified atom stereocenters. The number of nitrogens with two attached hydrogens (primary N) is 1. The van der Waals surface area contributed by atoms with E-state index in [0.29, 0.717) is 5.56 Å². The molecule has 0 amide bonds. The van der Waals surface area contributed by atoms with Gasteiger partial charge in [-0.05, 0) is 36.1 Å². The number of ether oxygens (including phenoxy) is 1. The van der Waals surface area contributed by atoms with Gasteiger partial charge in [0, 0.05) is 11.1 Å². The Morgan fingerprint density at radius 2 is 1.67 bits per heavy atom. The van der Waals surface area contributed by atoms with E-state index < -0.39 is 5.95 Å². The SMILES string of the molecule is CCC(N)(CC)c1ccc(-c2ccc3c(c(F)nn3F)c2OC)cc1.Cl.Cl. The maximum Gasteiger partial charge on any atom is 0.247 e. The zero-order valence-electron chi connectivity index (χ0n) is 15.3.